The smallest absolute Gasteiger partial charge is 0.303 e. The number of carbonyl (C=O) groups is 2. The van der Waals surface area contributed by atoms with Crippen molar-refractivity contribution >= 4 is 11.9 Å². The monoisotopic (exact) mass is 321 g/mol. The van der Waals surface area contributed by atoms with Gasteiger partial charge in [-0.05, 0) is 30.5 Å². The van der Waals surface area contributed by atoms with Crippen molar-refractivity contribution in [3.05, 3.63) is 36.4 Å². The van der Waals surface area contributed by atoms with Gasteiger partial charge in [-0.25, -0.2) is 0 Å². The van der Waals surface area contributed by atoms with Crippen molar-refractivity contribution in [2.75, 3.05) is 27.3 Å². The highest BCUT2D eigenvalue weighted by Gasteiger charge is 2.12. The molecule has 6 heteroatoms. The first-order valence-electron chi connectivity index (χ1n) is 7.34. The van der Waals surface area contributed by atoms with Crippen LogP contribution in [-0.4, -0.2) is 49.2 Å². The molecule has 0 saturated carbocycles. The van der Waals surface area contributed by atoms with Crippen molar-refractivity contribution in [2.24, 2.45) is 0 Å². The first-order chi connectivity index (χ1) is 11.0. The molecule has 0 spiro atoms. The van der Waals surface area contributed by atoms with Crippen LogP contribution >= 0.6 is 0 Å². The predicted octanol–water partition coefficient (Wildman–Crippen LogP) is 2.13. The number of carboxylic acids is 1. The minimum atomic E-state index is -0.869. The lowest BCUT2D eigenvalue weighted by Gasteiger charge is -2.18. The molecule has 126 valence electrons. The van der Waals surface area contributed by atoms with E-state index in [-0.39, 0.29) is 18.9 Å². The number of aliphatic carboxylic acids is 1. The van der Waals surface area contributed by atoms with Gasteiger partial charge in [0.15, 0.2) is 18.1 Å². The van der Waals surface area contributed by atoms with E-state index in [4.69, 9.17) is 14.6 Å². The largest absolute Gasteiger partial charge is 0.493 e. The van der Waals surface area contributed by atoms with Crippen LogP contribution in [-0.2, 0) is 16.0 Å². The van der Waals surface area contributed by atoms with Crippen LogP contribution < -0.4 is 9.47 Å². The zero-order chi connectivity index (χ0) is 17.2. The zero-order valence-corrected chi connectivity index (χ0v) is 13.6. The van der Waals surface area contributed by atoms with Gasteiger partial charge in [0.1, 0.15) is 0 Å². The topological polar surface area (TPSA) is 76.1 Å². The SMILES string of the molecule is C=CCc1ccc(OCC(=O)N(C)CCCC(=O)O)c(OC)c1. The highest BCUT2D eigenvalue weighted by molar-refractivity contribution is 5.77. The minimum Gasteiger partial charge on any atom is -0.493 e. The van der Waals surface area contributed by atoms with E-state index in [2.05, 4.69) is 6.58 Å². The Hall–Kier alpha value is -2.50. The van der Waals surface area contributed by atoms with Crippen molar-refractivity contribution in [3.8, 4) is 11.5 Å². The van der Waals surface area contributed by atoms with Gasteiger partial charge in [-0.2, -0.15) is 0 Å². The van der Waals surface area contributed by atoms with Gasteiger partial charge >= 0.3 is 5.97 Å². The van der Waals surface area contributed by atoms with Crippen molar-refractivity contribution in [2.45, 2.75) is 19.3 Å². The van der Waals surface area contributed by atoms with E-state index in [0.717, 1.165) is 12.0 Å². The molecule has 1 amide bonds. The average Bonchev–Trinajstić information content (AvgIpc) is 2.52. The number of allylic oxidation sites excluding steroid dienone is 1. The molecule has 0 aliphatic carbocycles. The summed E-state index contributed by atoms with van der Waals surface area (Å²) in [6, 6.07) is 5.49. The Morgan fingerprint density at radius 1 is 1.35 bits per heavy atom. The van der Waals surface area contributed by atoms with Crippen molar-refractivity contribution in [3.63, 3.8) is 0 Å². The van der Waals surface area contributed by atoms with Crippen LogP contribution in [0.2, 0.25) is 0 Å². The second-order valence-electron chi connectivity index (χ2n) is 5.08. The van der Waals surface area contributed by atoms with E-state index in [1.165, 1.54) is 4.90 Å². The molecule has 1 N–H and O–H groups in total. The molecule has 23 heavy (non-hydrogen) atoms. The molecule has 1 rings (SSSR count). The van der Waals surface area contributed by atoms with Crippen LogP contribution in [0.1, 0.15) is 18.4 Å². The van der Waals surface area contributed by atoms with E-state index >= 15 is 0 Å². The van der Waals surface area contributed by atoms with Gasteiger partial charge < -0.3 is 19.5 Å². The van der Waals surface area contributed by atoms with Crippen molar-refractivity contribution in [1.29, 1.82) is 0 Å². The Kier molecular flexibility index (Phi) is 7.66. The summed E-state index contributed by atoms with van der Waals surface area (Å²) in [5, 5.41) is 8.59. The molecule has 0 aliphatic rings. The molecule has 0 saturated heterocycles. The Balaban J connectivity index is 2.54. The quantitative estimate of drug-likeness (QED) is 0.668. The molecule has 0 fully saturated rings. The van der Waals surface area contributed by atoms with Crippen LogP contribution in [0.15, 0.2) is 30.9 Å². The molecule has 0 bridgehead atoms. The lowest BCUT2D eigenvalue weighted by Crippen LogP contribution is -2.32. The predicted molar refractivity (Wildman–Crippen MR) is 86.9 cm³/mol. The molecule has 1 aromatic rings. The molecule has 0 aromatic heterocycles. The number of hydrogen-bond donors (Lipinski definition) is 1. The number of methoxy groups -OCH3 is 1. The number of carbonyl (C=O) groups excluding carboxylic acids is 1. The van der Waals surface area contributed by atoms with Gasteiger partial charge in [0.2, 0.25) is 0 Å². The maximum atomic E-state index is 12.0. The first-order valence-corrected chi connectivity index (χ1v) is 7.34. The van der Waals surface area contributed by atoms with Gasteiger partial charge in [-0.15, -0.1) is 6.58 Å². The number of likely N-dealkylation sites (N-methyl/N-ethyl adjacent to an activating group) is 1. The summed E-state index contributed by atoms with van der Waals surface area (Å²) < 4.78 is 10.8. The number of ether oxygens (including phenoxy) is 2. The summed E-state index contributed by atoms with van der Waals surface area (Å²) >= 11 is 0. The number of carboxylic acid groups (broad SMARTS) is 1. The molecule has 0 radical (unpaired) electrons. The average molecular weight is 321 g/mol. The Bertz CT molecular complexity index is 556. The third kappa shape index (κ3) is 6.42. The van der Waals surface area contributed by atoms with Gasteiger partial charge in [0.05, 0.1) is 7.11 Å². The fraction of sp³-hybridized carbons (Fsp3) is 0.412. The molecule has 0 unspecified atom stereocenters. The summed E-state index contributed by atoms with van der Waals surface area (Å²) in [5.41, 5.74) is 1.04. The molecular formula is C17H23NO5. The molecule has 0 aliphatic heterocycles. The second kappa shape index (κ2) is 9.50. The number of hydrogen-bond acceptors (Lipinski definition) is 4. The lowest BCUT2D eigenvalue weighted by molar-refractivity contribution is -0.138. The van der Waals surface area contributed by atoms with Crippen LogP contribution in [0.25, 0.3) is 0 Å². The first kappa shape index (κ1) is 18.5. The molecule has 0 atom stereocenters. The Morgan fingerprint density at radius 3 is 2.70 bits per heavy atom. The van der Waals surface area contributed by atoms with E-state index in [9.17, 15) is 9.59 Å². The summed E-state index contributed by atoms with van der Waals surface area (Å²) in [6.07, 6.45) is 2.97. The standard InChI is InChI=1S/C17H23NO5/c1-4-6-13-8-9-14(15(11-13)22-3)23-12-16(19)18(2)10-5-7-17(20)21/h4,8-9,11H,1,5-7,10,12H2,2-3H3,(H,20,21). The number of nitrogens with zero attached hydrogens (tertiary/aromatic N) is 1. The van der Waals surface area contributed by atoms with Crippen LogP contribution in [0, 0.1) is 0 Å². The van der Waals surface area contributed by atoms with Crippen LogP contribution in [0.4, 0.5) is 0 Å². The van der Waals surface area contributed by atoms with Crippen molar-refractivity contribution < 1.29 is 24.2 Å². The number of amides is 1. The van der Waals surface area contributed by atoms with Gasteiger partial charge in [0, 0.05) is 20.0 Å². The van der Waals surface area contributed by atoms with Crippen LogP contribution in [0.3, 0.4) is 0 Å². The third-order valence-corrected chi connectivity index (χ3v) is 3.27. The molecule has 6 nitrogen and oxygen atoms in total. The summed E-state index contributed by atoms with van der Waals surface area (Å²) in [6.45, 7) is 3.94. The minimum absolute atomic E-state index is 0.0388. The third-order valence-electron chi connectivity index (χ3n) is 3.27. The fourth-order valence-corrected chi connectivity index (χ4v) is 1.97. The maximum absolute atomic E-state index is 12.0. The lowest BCUT2D eigenvalue weighted by atomic mass is 10.1. The van der Waals surface area contributed by atoms with Crippen LogP contribution in [0.5, 0.6) is 11.5 Å². The highest BCUT2D eigenvalue weighted by Crippen LogP contribution is 2.28. The summed E-state index contributed by atoms with van der Waals surface area (Å²) in [5.74, 6) is -0.0302. The second-order valence-corrected chi connectivity index (χ2v) is 5.08. The normalized spacial score (nSPS) is 10.0. The maximum Gasteiger partial charge on any atom is 0.303 e. The van der Waals surface area contributed by atoms with E-state index in [1.807, 2.05) is 12.1 Å². The van der Waals surface area contributed by atoms with E-state index in [1.54, 1.807) is 26.3 Å². The number of benzene rings is 1. The number of rotatable bonds is 10. The summed E-state index contributed by atoms with van der Waals surface area (Å²) in [4.78, 5) is 23.9. The van der Waals surface area contributed by atoms with Gasteiger partial charge in [-0.1, -0.05) is 12.1 Å². The fourth-order valence-electron chi connectivity index (χ4n) is 1.97. The molecule has 1 aromatic carbocycles. The molecular weight excluding hydrogens is 298 g/mol. The van der Waals surface area contributed by atoms with Gasteiger partial charge in [0.25, 0.3) is 5.91 Å². The van der Waals surface area contributed by atoms with E-state index in [0.29, 0.717) is 24.5 Å². The van der Waals surface area contributed by atoms with Gasteiger partial charge in [-0.3, -0.25) is 9.59 Å². The van der Waals surface area contributed by atoms with E-state index < -0.39 is 5.97 Å². The zero-order valence-electron chi connectivity index (χ0n) is 13.6. The Morgan fingerprint density at radius 2 is 2.09 bits per heavy atom. The Labute approximate surface area is 136 Å². The summed E-state index contributed by atoms with van der Waals surface area (Å²) in [7, 11) is 3.16. The van der Waals surface area contributed by atoms with Crippen molar-refractivity contribution in [1.82, 2.24) is 4.90 Å². The highest BCUT2D eigenvalue weighted by atomic mass is 16.5. The molecule has 0 heterocycles.